The summed E-state index contributed by atoms with van der Waals surface area (Å²) in [5, 5.41) is 14.6. The van der Waals surface area contributed by atoms with E-state index >= 15 is 0 Å². The lowest BCUT2D eigenvalue weighted by Crippen LogP contribution is -2.43. The van der Waals surface area contributed by atoms with Gasteiger partial charge in [-0.25, -0.2) is 4.79 Å². The number of carboxylic acids is 1. The van der Waals surface area contributed by atoms with Gasteiger partial charge in [-0.1, -0.05) is 26.7 Å². The van der Waals surface area contributed by atoms with Crippen molar-refractivity contribution in [3.63, 3.8) is 0 Å². The Kier molecular flexibility index (Phi) is 8.40. The van der Waals surface area contributed by atoms with Gasteiger partial charge < -0.3 is 15.7 Å². The van der Waals surface area contributed by atoms with Crippen molar-refractivity contribution in [2.45, 2.75) is 58.5 Å². The number of carboxylic acid groups (broad SMARTS) is 1. The minimum Gasteiger partial charge on any atom is -0.480 e. The van der Waals surface area contributed by atoms with Crippen molar-refractivity contribution in [1.82, 2.24) is 10.6 Å². The van der Waals surface area contributed by atoms with Crippen LogP contribution in [0.3, 0.4) is 0 Å². The maximum atomic E-state index is 11.6. The summed E-state index contributed by atoms with van der Waals surface area (Å²) in [6.07, 6.45) is 2.53. The summed E-state index contributed by atoms with van der Waals surface area (Å²) >= 11 is 0. The van der Waals surface area contributed by atoms with Crippen LogP contribution in [0, 0.1) is 0 Å². The number of hydrogen-bond acceptors (Lipinski definition) is 3. The molecule has 0 aliphatic rings. The fourth-order valence-electron chi connectivity index (χ4n) is 1.62. The van der Waals surface area contributed by atoms with Crippen molar-refractivity contribution in [3.8, 4) is 0 Å². The van der Waals surface area contributed by atoms with E-state index in [-0.39, 0.29) is 11.9 Å². The molecule has 2 atom stereocenters. The van der Waals surface area contributed by atoms with Crippen LogP contribution in [0.25, 0.3) is 0 Å². The number of rotatable bonds is 9. The molecule has 5 heteroatoms. The number of hydrogen-bond donors (Lipinski definition) is 3. The third kappa shape index (κ3) is 7.74. The first-order valence-corrected chi connectivity index (χ1v) is 6.26. The summed E-state index contributed by atoms with van der Waals surface area (Å²) in [7, 11) is 0. The van der Waals surface area contributed by atoms with Crippen LogP contribution in [0.5, 0.6) is 0 Å². The molecule has 0 radical (unpaired) electrons. The molecule has 0 rings (SSSR count). The lowest BCUT2D eigenvalue weighted by Gasteiger charge is -2.16. The highest BCUT2D eigenvalue weighted by atomic mass is 16.4. The van der Waals surface area contributed by atoms with Crippen LogP contribution < -0.4 is 10.6 Å². The van der Waals surface area contributed by atoms with Crippen molar-refractivity contribution < 1.29 is 14.7 Å². The molecule has 5 nitrogen and oxygen atoms in total. The van der Waals surface area contributed by atoms with Crippen LogP contribution in [0.4, 0.5) is 0 Å². The molecule has 0 aromatic carbocycles. The average Bonchev–Trinajstić information content (AvgIpc) is 2.23. The SMILES string of the molecule is CCCCC(NC(=O)CC(C)NCC)C(=O)O. The molecule has 0 bridgehead atoms. The summed E-state index contributed by atoms with van der Waals surface area (Å²) in [4.78, 5) is 22.5. The van der Waals surface area contributed by atoms with E-state index in [9.17, 15) is 9.59 Å². The Hall–Kier alpha value is -1.10. The molecular formula is C12H24N2O3. The van der Waals surface area contributed by atoms with Crippen molar-refractivity contribution >= 4 is 11.9 Å². The molecule has 100 valence electrons. The van der Waals surface area contributed by atoms with Crippen molar-refractivity contribution in [2.24, 2.45) is 0 Å². The highest BCUT2D eigenvalue weighted by molar-refractivity contribution is 5.83. The van der Waals surface area contributed by atoms with Gasteiger partial charge in [0.1, 0.15) is 6.04 Å². The fraction of sp³-hybridized carbons (Fsp3) is 0.833. The molecule has 0 aliphatic heterocycles. The lowest BCUT2D eigenvalue weighted by atomic mass is 10.1. The van der Waals surface area contributed by atoms with Crippen LogP contribution in [-0.2, 0) is 9.59 Å². The van der Waals surface area contributed by atoms with E-state index < -0.39 is 12.0 Å². The molecule has 17 heavy (non-hydrogen) atoms. The Bertz CT molecular complexity index is 244. The third-order valence-electron chi connectivity index (χ3n) is 2.52. The zero-order chi connectivity index (χ0) is 13.3. The number of nitrogens with one attached hydrogen (secondary N) is 2. The Morgan fingerprint density at radius 1 is 1.29 bits per heavy atom. The summed E-state index contributed by atoms with van der Waals surface area (Å²) < 4.78 is 0. The van der Waals surface area contributed by atoms with E-state index in [1.807, 2.05) is 20.8 Å². The summed E-state index contributed by atoms with van der Waals surface area (Å²) in [5.74, 6) is -1.16. The zero-order valence-electron chi connectivity index (χ0n) is 11.0. The number of aliphatic carboxylic acids is 1. The van der Waals surface area contributed by atoms with Gasteiger partial charge in [0.25, 0.3) is 0 Å². The van der Waals surface area contributed by atoms with Gasteiger partial charge in [0.05, 0.1) is 0 Å². The molecule has 0 heterocycles. The van der Waals surface area contributed by atoms with Gasteiger partial charge in [0.15, 0.2) is 0 Å². The van der Waals surface area contributed by atoms with E-state index in [0.717, 1.165) is 19.4 Å². The molecule has 3 N–H and O–H groups in total. The summed E-state index contributed by atoms with van der Waals surface area (Å²) in [5.41, 5.74) is 0. The molecule has 0 aromatic rings. The smallest absolute Gasteiger partial charge is 0.326 e. The monoisotopic (exact) mass is 244 g/mol. The van der Waals surface area contributed by atoms with Gasteiger partial charge in [-0.3, -0.25) is 4.79 Å². The standard InChI is InChI=1S/C12H24N2O3/c1-4-6-7-10(12(16)17)14-11(15)8-9(3)13-5-2/h9-10,13H,4-8H2,1-3H3,(H,14,15)(H,16,17). The number of carbonyl (C=O) groups is 2. The topological polar surface area (TPSA) is 78.4 Å². The largest absolute Gasteiger partial charge is 0.480 e. The lowest BCUT2D eigenvalue weighted by molar-refractivity contribution is -0.142. The first-order chi connectivity index (χ1) is 8.01. The third-order valence-corrected chi connectivity index (χ3v) is 2.52. The Morgan fingerprint density at radius 2 is 1.94 bits per heavy atom. The van der Waals surface area contributed by atoms with Crippen LogP contribution in [-0.4, -0.2) is 35.6 Å². The molecule has 0 saturated carbocycles. The molecular weight excluding hydrogens is 220 g/mol. The average molecular weight is 244 g/mol. The van der Waals surface area contributed by atoms with Crippen LogP contribution >= 0.6 is 0 Å². The van der Waals surface area contributed by atoms with Gasteiger partial charge in [0.2, 0.25) is 5.91 Å². The van der Waals surface area contributed by atoms with E-state index in [1.165, 1.54) is 0 Å². The van der Waals surface area contributed by atoms with Crippen molar-refractivity contribution in [2.75, 3.05) is 6.54 Å². The Morgan fingerprint density at radius 3 is 2.41 bits per heavy atom. The quantitative estimate of drug-likeness (QED) is 0.568. The maximum Gasteiger partial charge on any atom is 0.326 e. The molecule has 0 aromatic heterocycles. The van der Waals surface area contributed by atoms with Crippen LogP contribution in [0.2, 0.25) is 0 Å². The fourth-order valence-corrected chi connectivity index (χ4v) is 1.62. The summed E-state index contributed by atoms with van der Waals surface area (Å²) in [6, 6.07) is -0.683. The molecule has 0 fully saturated rings. The Labute approximate surface area is 103 Å². The normalized spacial score (nSPS) is 14.1. The predicted molar refractivity (Wildman–Crippen MR) is 66.8 cm³/mol. The van der Waals surface area contributed by atoms with Gasteiger partial charge >= 0.3 is 5.97 Å². The number of unbranched alkanes of at least 4 members (excludes halogenated alkanes) is 1. The molecule has 0 saturated heterocycles. The van der Waals surface area contributed by atoms with Gasteiger partial charge in [-0.2, -0.15) is 0 Å². The highest BCUT2D eigenvalue weighted by Crippen LogP contribution is 2.02. The van der Waals surface area contributed by atoms with Crippen molar-refractivity contribution in [1.29, 1.82) is 0 Å². The van der Waals surface area contributed by atoms with Gasteiger partial charge in [-0.15, -0.1) is 0 Å². The van der Waals surface area contributed by atoms with Crippen LogP contribution in [0.15, 0.2) is 0 Å². The van der Waals surface area contributed by atoms with Crippen LogP contribution in [0.1, 0.15) is 46.5 Å². The van der Waals surface area contributed by atoms with E-state index in [2.05, 4.69) is 10.6 Å². The number of amides is 1. The second-order valence-corrected chi connectivity index (χ2v) is 4.26. The first kappa shape index (κ1) is 15.9. The van der Waals surface area contributed by atoms with Gasteiger partial charge in [0, 0.05) is 12.5 Å². The molecule has 1 amide bonds. The molecule has 0 spiro atoms. The zero-order valence-corrected chi connectivity index (χ0v) is 11.0. The molecule has 2 unspecified atom stereocenters. The second kappa shape index (κ2) is 8.98. The first-order valence-electron chi connectivity index (χ1n) is 6.26. The molecule has 0 aliphatic carbocycles. The van der Waals surface area contributed by atoms with E-state index in [4.69, 9.17) is 5.11 Å². The summed E-state index contributed by atoms with van der Waals surface area (Å²) in [6.45, 7) is 6.67. The minimum absolute atomic E-state index is 0.0700. The highest BCUT2D eigenvalue weighted by Gasteiger charge is 2.19. The maximum absolute atomic E-state index is 11.6. The van der Waals surface area contributed by atoms with Gasteiger partial charge in [-0.05, 0) is 19.9 Å². The second-order valence-electron chi connectivity index (χ2n) is 4.26. The van der Waals surface area contributed by atoms with E-state index in [1.54, 1.807) is 0 Å². The predicted octanol–water partition coefficient (Wildman–Crippen LogP) is 1.13. The minimum atomic E-state index is -0.956. The Balaban J connectivity index is 4.07. The van der Waals surface area contributed by atoms with E-state index in [0.29, 0.717) is 12.8 Å². The van der Waals surface area contributed by atoms with Crippen molar-refractivity contribution in [3.05, 3.63) is 0 Å². The number of carbonyl (C=O) groups excluding carboxylic acids is 1.